The summed E-state index contributed by atoms with van der Waals surface area (Å²) in [4.78, 5) is 3.93. The first-order valence-electron chi connectivity index (χ1n) is 5.17. The number of rotatable bonds is 5. The molecule has 0 amide bonds. The first-order chi connectivity index (χ1) is 7.11. The highest BCUT2D eigenvalue weighted by molar-refractivity contribution is 5.73. The van der Waals surface area contributed by atoms with Crippen molar-refractivity contribution in [2.24, 2.45) is 4.99 Å². The van der Waals surface area contributed by atoms with Crippen LogP contribution in [0.5, 0.6) is 0 Å². The van der Waals surface area contributed by atoms with Crippen molar-refractivity contribution < 1.29 is 0 Å². The predicted molar refractivity (Wildman–Crippen MR) is 70.5 cm³/mol. The molecule has 0 rings (SSSR count). The summed E-state index contributed by atoms with van der Waals surface area (Å²) in [5.41, 5.74) is 3.77. The zero-order valence-corrected chi connectivity index (χ0v) is 10.2. The molecule has 1 heteroatoms. The van der Waals surface area contributed by atoms with Gasteiger partial charge in [-0.15, -0.1) is 0 Å². The summed E-state index contributed by atoms with van der Waals surface area (Å²) < 4.78 is 0. The molecular weight excluding hydrogens is 182 g/mol. The van der Waals surface area contributed by atoms with E-state index < -0.39 is 0 Å². The average Bonchev–Trinajstić information content (AvgIpc) is 2.25. The highest BCUT2D eigenvalue weighted by Gasteiger charge is 1.90. The predicted octanol–water partition coefficient (Wildman–Crippen LogP) is 4.10. The molecule has 0 aliphatic rings. The van der Waals surface area contributed by atoms with Crippen LogP contribution in [0.1, 0.15) is 27.2 Å². The second kappa shape index (κ2) is 7.98. The molecule has 82 valence electrons. The van der Waals surface area contributed by atoms with Crippen molar-refractivity contribution in [2.45, 2.75) is 27.2 Å². The van der Waals surface area contributed by atoms with Gasteiger partial charge in [-0.25, -0.2) is 0 Å². The lowest BCUT2D eigenvalue weighted by atomic mass is 10.1. The molecule has 15 heavy (non-hydrogen) atoms. The Morgan fingerprint density at radius 2 is 1.80 bits per heavy atom. The van der Waals surface area contributed by atoms with E-state index in [4.69, 9.17) is 0 Å². The number of hydrogen-bond acceptors (Lipinski definition) is 1. The zero-order chi connectivity index (χ0) is 11.7. The highest BCUT2D eigenvalue weighted by atomic mass is 14.6. The molecule has 0 saturated heterocycles. The molecule has 1 nitrogen and oxygen atoms in total. The molecule has 0 N–H and O–H groups in total. The third kappa shape index (κ3) is 6.67. The van der Waals surface area contributed by atoms with Crippen LogP contribution in [-0.2, 0) is 0 Å². The largest absolute Gasteiger partial charge is 0.297 e. The minimum absolute atomic E-state index is 0.956. The molecule has 0 atom stereocenters. The van der Waals surface area contributed by atoms with Crippen LogP contribution in [0.2, 0.25) is 0 Å². The molecule has 0 bridgehead atoms. The van der Waals surface area contributed by atoms with Gasteiger partial charge in [0.1, 0.15) is 0 Å². The maximum atomic E-state index is 3.93. The highest BCUT2D eigenvalue weighted by Crippen LogP contribution is 2.09. The Bertz CT molecular complexity index is 314. The van der Waals surface area contributed by atoms with Crippen LogP contribution in [0.15, 0.2) is 52.6 Å². The van der Waals surface area contributed by atoms with Crippen LogP contribution < -0.4 is 0 Å². The first-order valence-corrected chi connectivity index (χ1v) is 5.17. The van der Waals surface area contributed by atoms with E-state index in [1.165, 1.54) is 16.7 Å². The summed E-state index contributed by atoms with van der Waals surface area (Å²) in [6.45, 7) is 9.99. The molecule has 0 aliphatic carbocycles. The van der Waals surface area contributed by atoms with Gasteiger partial charge >= 0.3 is 0 Å². The monoisotopic (exact) mass is 203 g/mol. The maximum absolute atomic E-state index is 3.93. The van der Waals surface area contributed by atoms with Gasteiger partial charge in [0.2, 0.25) is 0 Å². The molecule has 0 aromatic carbocycles. The lowest BCUT2D eigenvalue weighted by Gasteiger charge is -1.99. The van der Waals surface area contributed by atoms with Gasteiger partial charge < -0.3 is 0 Å². The molecule has 0 aromatic heterocycles. The topological polar surface area (TPSA) is 12.4 Å². The second-order valence-corrected chi connectivity index (χ2v) is 3.53. The van der Waals surface area contributed by atoms with Gasteiger partial charge in [0.05, 0.1) is 0 Å². The molecule has 0 spiro atoms. The van der Waals surface area contributed by atoms with E-state index in [1.54, 1.807) is 7.05 Å². The molecule has 0 heterocycles. The summed E-state index contributed by atoms with van der Waals surface area (Å²) >= 11 is 0. The number of aliphatic imine (C=N–C) groups is 1. The van der Waals surface area contributed by atoms with Crippen LogP contribution in [0.25, 0.3) is 0 Å². The van der Waals surface area contributed by atoms with Crippen LogP contribution in [-0.4, -0.2) is 13.3 Å². The van der Waals surface area contributed by atoms with E-state index in [1.807, 2.05) is 18.4 Å². The average molecular weight is 203 g/mol. The van der Waals surface area contributed by atoms with Crippen LogP contribution in [0, 0.1) is 0 Å². The fourth-order valence-electron chi connectivity index (χ4n) is 0.984. The van der Waals surface area contributed by atoms with E-state index in [0.717, 1.165) is 6.42 Å². The van der Waals surface area contributed by atoms with Gasteiger partial charge in [0, 0.05) is 13.3 Å². The number of nitrogens with zero attached hydrogens (tertiary/aromatic N) is 1. The molecule has 0 saturated carbocycles. The third-order valence-corrected chi connectivity index (χ3v) is 2.28. The smallest absolute Gasteiger partial charge is 0.0277 e. The summed E-state index contributed by atoms with van der Waals surface area (Å²) in [6, 6.07) is 0. The van der Waals surface area contributed by atoms with Gasteiger partial charge in [0.25, 0.3) is 0 Å². The van der Waals surface area contributed by atoms with Crippen LogP contribution in [0.4, 0.5) is 0 Å². The Hall–Kier alpha value is -1.37. The first kappa shape index (κ1) is 13.6. The standard InChI is InChI=1S/C14H21N/c1-6-12(2)8-7-9-13(3)14(4)10-11-15-5/h6,8-11H,1,7H2,2-5H3/b12-8?,13-9+,14-10+,15-11?. The number of allylic oxidation sites excluding steroid dienone is 7. The third-order valence-electron chi connectivity index (χ3n) is 2.28. The van der Waals surface area contributed by atoms with E-state index >= 15 is 0 Å². The van der Waals surface area contributed by atoms with Gasteiger partial charge in [-0.3, -0.25) is 4.99 Å². The van der Waals surface area contributed by atoms with Crippen molar-refractivity contribution in [2.75, 3.05) is 7.05 Å². The quantitative estimate of drug-likeness (QED) is 0.471. The second-order valence-electron chi connectivity index (χ2n) is 3.53. The van der Waals surface area contributed by atoms with Gasteiger partial charge in [0.15, 0.2) is 0 Å². The maximum Gasteiger partial charge on any atom is 0.0277 e. The van der Waals surface area contributed by atoms with Gasteiger partial charge in [-0.05, 0) is 38.8 Å². The summed E-state index contributed by atoms with van der Waals surface area (Å²) in [5.74, 6) is 0. The molecule has 0 aliphatic heterocycles. The van der Waals surface area contributed by atoms with Crippen molar-refractivity contribution in [3.8, 4) is 0 Å². The molecule has 0 aromatic rings. The van der Waals surface area contributed by atoms with Crippen molar-refractivity contribution in [1.29, 1.82) is 0 Å². The van der Waals surface area contributed by atoms with Crippen LogP contribution in [0.3, 0.4) is 0 Å². The van der Waals surface area contributed by atoms with E-state index in [0.29, 0.717) is 0 Å². The molecule has 0 fully saturated rings. The van der Waals surface area contributed by atoms with Crippen LogP contribution >= 0.6 is 0 Å². The molecular formula is C14H21N. The van der Waals surface area contributed by atoms with Crippen molar-refractivity contribution in [3.05, 3.63) is 47.6 Å². The zero-order valence-electron chi connectivity index (χ0n) is 10.2. The minimum atomic E-state index is 0.956. The van der Waals surface area contributed by atoms with Gasteiger partial charge in [-0.2, -0.15) is 0 Å². The normalized spacial score (nSPS) is 14.8. The van der Waals surface area contributed by atoms with Crippen molar-refractivity contribution in [1.82, 2.24) is 0 Å². The van der Waals surface area contributed by atoms with Crippen molar-refractivity contribution in [3.63, 3.8) is 0 Å². The lowest BCUT2D eigenvalue weighted by molar-refractivity contribution is 1.25. The Balaban J connectivity index is 4.38. The molecule has 0 radical (unpaired) electrons. The lowest BCUT2D eigenvalue weighted by Crippen LogP contribution is -1.80. The van der Waals surface area contributed by atoms with E-state index in [2.05, 4.69) is 44.5 Å². The molecule has 0 unspecified atom stereocenters. The summed E-state index contributed by atoms with van der Waals surface area (Å²) in [5, 5.41) is 0. The number of hydrogen-bond donors (Lipinski definition) is 0. The fourth-order valence-corrected chi connectivity index (χ4v) is 0.984. The Morgan fingerprint density at radius 1 is 1.13 bits per heavy atom. The summed E-state index contributed by atoms with van der Waals surface area (Å²) in [6.07, 6.45) is 11.0. The Morgan fingerprint density at radius 3 is 2.33 bits per heavy atom. The minimum Gasteiger partial charge on any atom is -0.297 e. The fraction of sp³-hybridized carbons (Fsp3) is 0.357. The Kier molecular flexibility index (Phi) is 7.25. The van der Waals surface area contributed by atoms with E-state index in [9.17, 15) is 0 Å². The summed E-state index contributed by atoms with van der Waals surface area (Å²) in [7, 11) is 1.78. The SMILES string of the molecule is C=CC(C)=CC/C=C(C)/C(C)=C/C=NC. The van der Waals surface area contributed by atoms with Gasteiger partial charge in [-0.1, -0.05) is 36.0 Å². The van der Waals surface area contributed by atoms with E-state index in [-0.39, 0.29) is 0 Å². The van der Waals surface area contributed by atoms with Crippen molar-refractivity contribution >= 4 is 6.21 Å². The Labute approximate surface area is 93.6 Å².